The monoisotopic (exact) mass is 174 g/mol. The first-order valence-corrected chi connectivity index (χ1v) is 4.22. The molecule has 0 radical (unpaired) electrons. The second-order valence-electron chi connectivity index (χ2n) is 2.88. The Kier molecular flexibility index (Phi) is 3.76. The van der Waals surface area contributed by atoms with Crippen molar-refractivity contribution in [2.45, 2.75) is 0 Å². The third-order valence-corrected chi connectivity index (χ3v) is 1.47. The number of allylic oxidation sites excluding steroid dienone is 1. The Balaban J connectivity index is 2.50. The number of hydrogen-bond donors (Lipinski definition) is 0. The fourth-order valence-corrected chi connectivity index (χ4v) is 0.890. The Morgan fingerprint density at radius 3 is 2.46 bits per heavy atom. The number of hydrazone groups is 1. The van der Waals surface area contributed by atoms with Crippen LogP contribution in [0.4, 0.5) is 0 Å². The molecular weight excluding hydrogens is 160 g/mol. The van der Waals surface area contributed by atoms with Crippen LogP contribution >= 0.6 is 0 Å². The van der Waals surface area contributed by atoms with Gasteiger partial charge in [0.05, 0.1) is 0 Å². The van der Waals surface area contributed by atoms with Crippen molar-refractivity contribution in [1.82, 2.24) is 5.01 Å². The molecule has 68 valence electrons. The van der Waals surface area contributed by atoms with E-state index in [0.29, 0.717) is 0 Å². The molecule has 0 aliphatic rings. The molecule has 0 atom stereocenters. The van der Waals surface area contributed by atoms with Crippen molar-refractivity contribution in [3.63, 3.8) is 0 Å². The van der Waals surface area contributed by atoms with Crippen molar-refractivity contribution >= 4 is 12.3 Å². The quantitative estimate of drug-likeness (QED) is 0.507. The van der Waals surface area contributed by atoms with Crippen molar-refractivity contribution in [1.29, 1.82) is 0 Å². The van der Waals surface area contributed by atoms with E-state index in [4.69, 9.17) is 0 Å². The van der Waals surface area contributed by atoms with Crippen LogP contribution in [0.15, 0.2) is 41.5 Å². The fraction of sp³-hybridized carbons (Fsp3) is 0.182. The predicted octanol–water partition coefficient (Wildman–Crippen LogP) is 2.25. The van der Waals surface area contributed by atoms with Gasteiger partial charge >= 0.3 is 0 Å². The molecule has 2 nitrogen and oxygen atoms in total. The summed E-state index contributed by atoms with van der Waals surface area (Å²) in [5, 5.41) is 5.82. The van der Waals surface area contributed by atoms with E-state index in [2.05, 4.69) is 17.2 Å². The van der Waals surface area contributed by atoms with Crippen molar-refractivity contribution < 1.29 is 0 Å². The summed E-state index contributed by atoms with van der Waals surface area (Å²) < 4.78 is 0. The molecule has 13 heavy (non-hydrogen) atoms. The third-order valence-electron chi connectivity index (χ3n) is 1.47. The van der Waals surface area contributed by atoms with Crippen LogP contribution in [0.3, 0.4) is 0 Å². The summed E-state index contributed by atoms with van der Waals surface area (Å²) in [4.78, 5) is 0. The average molecular weight is 174 g/mol. The standard InChI is InChI=1S/C11H14N2/c1-13(2)12-10-6-9-11-7-4-3-5-8-11/h3-10H,1-2H3/b9-6-,12-10-. The SMILES string of the molecule is CN(C)/N=C\C=C/c1ccccc1. The molecule has 0 fully saturated rings. The normalized spacial score (nSPS) is 11.2. The maximum Gasteiger partial charge on any atom is 0.0470 e. The van der Waals surface area contributed by atoms with Gasteiger partial charge in [-0.1, -0.05) is 36.4 Å². The Morgan fingerprint density at radius 1 is 1.15 bits per heavy atom. The maximum atomic E-state index is 4.06. The summed E-state index contributed by atoms with van der Waals surface area (Å²) in [6, 6.07) is 10.1. The number of nitrogens with zero attached hydrogens (tertiary/aromatic N) is 2. The molecule has 0 spiro atoms. The predicted molar refractivity (Wildman–Crippen MR) is 57.7 cm³/mol. The van der Waals surface area contributed by atoms with Gasteiger partial charge in [-0.2, -0.15) is 5.10 Å². The molecule has 1 aromatic rings. The van der Waals surface area contributed by atoms with Crippen LogP contribution in [-0.4, -0.2) is 25.3 Å². The summed E-state index contributed by atoms with van der Waals surface area (Å²) in [7, 11) is 3.79. The molecule has 0 aromatic heterocycles. The Labute approximate surface area is 79.2 Å². The van der Waals surface area contributed by atoms with Crippen LogP contribution in [0.1, 0.15) is 5.56 Å². The van der Waals surface area contributed by atoms with Gasteiger partial charge in [0.25, 0.3) is 0 Å². The molecule has 0 saturated heterocycles. The third kappa shape index (κ3) is 4.11. The van der Waals surface area contributed by atoms with E-state index >= 15 is 0 Å². The van der Waals surface area contributed by atoms with E-state index in [0.717, 1.165) is 0 Å². The average Bonchev–Trinajstić information content (AvgIpc) is 2.14. The van der Waals surface area contributed by atoms with Gasteiger partial charge in [-0.25, -0.2) is 0 Å². The van der Waals surface area contributed by atoms with Gasteiger partial charge < -0.3 is 5.01 Å². The minimum atomic E-state index is 1.19. The first kappa shape index (κ1) is 9.52. The second kappa shape index (κ2) is 5.14. The van der Waals surface area contributed by atoms with E-state index < -0.39 is 0 Å². The summed E-state index contributed by atoms with van der Waals surface area (Å²) in [6.45, 7) is 0. The highest BCUT2D eigenvalue weighted by Gasteiger charge is 1.80. The number of rotatable bonds is 3. The van der Waals surface area contributed by atoms with Gasteiger partial charge in [-0.15, -0.1) is 0 Å². The van der Waals surface area contributed by atoms with Gasteiger partial charge in [-0.05, 0) is 11.6 Å². The smallest absolute Gasteiger partial charge is 0.0470 e. The highest BCUT2D eigenvalue weighted by Crippen LogP contribution is 1.99. The molecule has 0 saturated carbocycles. The van der Waals surface area contributed by atoms with Crippen molar-refractivity contribution in [3.05, 3.63) is 42.0 Å². The van der Waals surface area contributed by atoms with E-state index in [1.807, 2.05) is 44.4 Å². The van der Waals surface area contributed by atoms with Crippen LogP contribution in [0.25, 0.3) is 6.08 Å². The zero-order chi connectivity index (χ0) is 9.52. The lowest BCUT2D eigenvalue weighted by atomic mass is 10.2. The first-order chi connectivity index (χ1) is 6.29. The molecule has 0 bridgehead atoms. The zero-order valence-electron chi connectivity index (χ0n) is 8.01. The second-order valence-corrected chi connectivity index (χ2v) is 2.88. The lowest BCUT2D eigenvalue weighted by Gasteiger charge is -1.99. The zero-order valence-corrected chi connectivity index (χ0v) is 8.01. The summed E-state index contributed by atoms with van der Waals surface area (Å²) >= 11 is 0. The highest BCUT2D eigenvalue weighted by atomic mass is 15.4. The lowest BCUT2D eigenvalue weighted by molar-refractivity contribution is 0.440. The summed E-state index contributed by atoms with van der Waals surface area (Å²) in [5.41, 5.74) is 1.19. The van der Waals surface area contributed by atoms with Crippen LogP contribution in [-0.2, 0) is 0 Å². The van der Waals surface area contributed by atoms with E-state index in [9.17, 15) is 0 Å². The van der Waals surface area contributed by atoms with Crippen LogP contribution in [0.5, 0.6) is 0 Å². The summed E-state index contributed by atoms with van der Waals surface area (Å²) in [5.74, 6) is 0. The Morgan fingerprint density at radius 2 is 1.85 bits per heavy atom. The largest absolute Gasteiger partial charge is 0.303 e. The molecule has 0 unspecified atom stereocenters. The summed E-state index contributed by atoms with van der Waals surface area (Å²) in [6.07, 6.45) is 5.72. The fourth-order valence-electron chi connectivity index (χ4n) is 0.890. The molecule has 2 heteroatoms. The van der Waals surface area contributed by atoms with Gasteiger partial charge in [0.2, 0.25) is 0 Å². The molecule has 0 N–H and O–H groups in total. The van der Waals surface area contributed by atoms with Crippen molar-refractivity contribution in [3.8, 4) is 0 Å². The highest BCUT2D eigenvalue weighted by molar-refractivity contribution is 5.77. The van der Waals surface area contributed by atoms with E-state index in [1.165, 1.54) is 5.56 Å². The molecule has 0 amide bonds. The molecule has 0 aliphatic carbocycles. The molecule has 1 rings (SSSR count). The topological polar surface area (TPSA) is 15.6 Å². The van der Waals surface area contributed by atoms with Crippen LogP contribution in [0.2, 0.25) is 0 Å². The molecule has 1 aromatic carbocycles. The van der Waals surface area contributed by atoms with Crippen LogP contribution in [0, 0.1) is 0 Å². The van der Waals surface area contributed by atoms with Crippen molar-refractivity contribution in [2.24, 2.45) is 5.10 Å². The number of benzene rings is 1. The van der Waals surface area contributed by atoms with E-state index in [-0.39, 0.29) is 0 Å². The van der Waals surface area contributed by atoms with Gasteiger partial charge in [0.1, 0.15) is 0 Å². The van der Waals surface area contributed by atoms with Crippen LogP contribution < -0.4 is 0 Å². The van der Waals surface area contributed by atoms with E-state index in [1.54, 1.807) is 11.2 Å². The minimum absolute atomic E-state index is 1.19. The molecule has 0 heterocycles. The number of hydrogen-bond acceptors (Lipinski definition) is 2. The Bertz CT molecular complexity index is 286. The van der Waals surface area contributed by atoms with Gasteiger partial charge in [0, 0.05) is 20.3 Å². The van der Waals surface area contributed by atoms with Gasteiger partial charge in [-0.3, -0.25) is 0 Å². The lowest BCUT2D eigenvalue weighted by Crippen LogP contribution is -2.00. The molecular formula is C11H14N2. The first-order valence-electron chi connectivity index (χ1n) is 4.22. The minimum Gasteiger partial charge on any atom is -0.303 e. The Hall–Kier alpha value is -1.57. The maximum absolute atomic E-state index is 4.06. The van der Waals surface area contributed by atoms with Crippen molar-refractivity contribution in [2.75, 3.05) is 14.1 Å². The van der Waals surface area contributed by atoms with Gasteiger partial charge in [0.15, 0.2) is 0 Å². The molecule has 0 aliphatic heterocycles.